The highest BCUT2D eigenvalue weighted by molar-refractivity contribution is 5.95. The van der Waals surface area contributed by atoms with Gasteiger partial charge in [0.1, 0.15) is 5.82 Å². The monoisotopic (exact) mass is 388 g/mol. The molecule has 1 aliphatic rings. The third-order valence-corrected chi connectivity index (χ3v) is 4.86. The first-order valence-corrected chi connectivity index (χ1v) is 9.93. The van der Waals surface area contributed by atoms with Crippen LogP contribution in [0, 0.1) is 11.7 Å². The van der Waals surface area contributed by atoms with Gasteiger partial charge in [-0.25, -0.2) is 9.07 Å². The average molecular weight is 388 g/mol. The lowest BCUT2D eigenvalue weighted by Crippen LogP contribution is -2.48. The summed E-state index contributed by atoms with van der Waals surface area (Å²) in [6.45, 7) is 10.4. The Morgan fingerprint density at radius 1 is 1.36 bits per heavy atom. The van der Waals surface area contributed by atoms with E-state index >= 15 is 0 Å². The van der Waals surface area contributed by atoms with Gasteiger partial charge in [-0.3, -0.25) is 9.69 Å². The standard InChI is InChI=1S/C21H29FN4O2/c1-4-20-19(12-24-26(20)17-7-5-16(22)6-8-17)21(27)23-11-18-14-25(9-10-28-18)13-15(2)3/h5-8,12,15,18H,4,9-11,13-14H2,1-3H3,(H,23,27). The third kappa shape index (κ3) is 4.97. The topological polar surface area (TPSA) is 59.4 Å². The molecule has 1 saturated heterocycles. The van der Waals surface area contributed by atoms with Crippen molar-refractivity contribution in [2.45, 2.75) is 33.3 Å². The zero-order chi connectivity index (χ0) is 20.1. The number of hydrogen-bond donors (Lipinski definition) is 1. The van der Waals surface area contributed by atoms with Gasteiger partial charge in [-0.15, -0.1) is 0 Å². The number of ether oxygens (including phenoxy) is 1. The molecule has 2 heterocycles. The molecular weight excluding hydrogens is 359 g/mol. The molecule has 1 unspecified atom stereocenters. The molecule has 1 N–H and O–H groups in total. The van der Waals surface area contributed by atoms with Gasteiger partial charge in [-0.2, -0.15) is 5.10 Å². The van der Waals surface area contributed by atoms with Gasteiger partial charge < -0.3 is 10.1 Å². The minimum absolute atomic E-state index is 0.00586. The van der Waals surface area contributed by atoms with Gasteiger partial charge >= 0.3 is 0 Å². The van der Waals surface area contributed by atoms with Crippen molar-refractivity contribution in [3.8, 4) is 5.69 Å². The first kappa shape index (κ1) is 20.5. The van der Waals surface area contributed by atoms with Gasteiger partial charge in [0.15, 0.2) is 0 Å². The summed E-state index contributed by atoms with van der Waals surface area (Å²) in [6.07, 6.45) is 2.21. The van der Waals surface area contributed by atoms with Crippen molar-refractivity contribution in [2.24, 2.45) is 5.92 Å². The van der Waals surface area contributed by atoms with E-state index in [1.807, 2.05) is 6.92 Å². The number of carbonyl (C=O) groups is 1. The zero-order valence-electron chi connectivity index (χ0n) is 16.8. The van der Waals surface area contributed by atoms with Crippen LogP contribution >= 0.6 is 0 Å². The van der Waals surface area contributed by atoms with Crippen LogP contribution in [0.25, 0.3) is 5.69 Å². The zero-order valence-corrected chi connectivity index (χ0v) is 16.8. The van der Waals surface area contributed by atoms with E-state index in [1.165, 1.54) is 12.1 Å². The molecule has 6 nitrogen and oxygen atoms in total. The second kappa shape index (κ2) is 9.30. The smallest absolute Gasteiger partial charge is 0.254 e. The number of nitrogens with one attached hydrogen (secondary N) is 1. The summed E-state index contributed by atoms with van der Waals surface area (Å²) < 4.78 is 20.7. The molecule has 0 spiro atoms. The predicted molar refractivity (Wildman–Crippen MR) is 106 cm³/mol. The normalized spacial score (nSPS) is 17.8. The fraction of sp³-hybridized carbons (Fsp3) is 0.524. The molecule has 1 atom stereocenters. The van der Waals surface area contributed by atoms with Gasteiger partial charge in [0.25, 0.3) is 5.91 Å². The number of halogens is 1. The van der Waals surface area contributed by atoms with Crippen LogP contribution in [-0.2, 0) is 11.2 Å². The van der Waals surface area contributed by atoms with Crippen molar-refractivity contribution in [2.75, 3.05) is 32.8 Å². The van der Waals surface area contributed by atoms with Crippen LogP contribution in [0.15, 0.2) is 30.5 Å². The highest BCUT2D eigenvalue weighted by atomic mass is 19.1. The molecule has 0 aliphatic carbocycles. The van der Waals surface area contributed by atoms with E-state index in [2.05, 4.69) is 29.2 Å². The Labute approximate surface area is 165 Å². The number of morpholine rings is 1. The Bertz CT molecular complexity index is 788. The summed E-state index contributed by atoms with van der Waals surface area (Å²) in [5, 5.41) is 7.33. The second-order valence-electron chi connectivity index (χ2n) is 7.60. The molecule has 1 aliphatic heterocycles. The number of nitrogens with zero attached hydrogens (tertiary/aromatic N) is 3. The molecule has 3 rings (SSSR count). The summed E-state index contributed by atoms with van der Waals surface area (Å²) in [4.78, 5) is 15.1. The van der Waals surface area contributed by atoms with E-state index in [4.69, 9.17) is 4.74 Å². The molecule has 0 saturated carbocycles. The van der Waals surface area contributed by atoms with Crippen molar-refractivity contribution in [3.05, 3.63) is 47.5 Å². The molecule has 1 aromatic heterocycles. The SMILES string of the molecule is CCc1c(C(=O)NCC2CN(CC(C)C)CCO2)cnn1-c1ccc(F)cc1. The first-order valence-electron chi connectivity index (χ1n) is 9.93. The highest BCUT2D eigenvalue weighted by Gasteiger charge is 2.23. The lowest BCUT2D eigenvalue weighted by Gasteiger charge is -2.33. The fourth-order valence-electron chi connectivity index (χ4n) is 3.60. The van der Waals surface area contributed by atoms with Crippen molar-refractivity contribution in [1.29, 1.82) is 0 Å². The lowest BCUT2D eigenvalue weighted by molar-refractivity contribution is -0.0295. The first-order chi connectivity index (χ1) is 13.5. The summed E-state index contributed by atoms with van der Waals surface area (Å²) >= 11 is 0. The van der Waals surface area contributed by atoms with Gasteiger partial charge in [0.2, 0.25) is 0 Å². The quantitative estimate of drug-likeness (QED) is 0.792. The van der Waals surface area contributed by atoms with E-state index < -0.39 is 0 Å². The Hall–Kier alpha value is -2.25. The maximum absolute atomic E-state index is 13.2. The molecule has 7 heteroatoms. The molecule has 2 aromatic rings. The molecule has 0 bridgehead atoms. The predicted octanol–water partition coefficient (Wildman–Crippen LogP) is 2.66. The highest BCUT2D eigenvalue weighted by Crippen LogP contribution is 2.16. The van der Waals surface area contributed by atoms with Crippen LogP contribution in [0.5, 0.6) is 0 Å². The fourth-order valence-corrected chi connectivity index (χ4v) is 3.60. The van der Waals surface area contributed by atoms with Crippen LogP contribution in [-0.4, -0.2) is 59.5 Å². The van der Waals surface area contributed by atoms with Crippen molar-refractivity contribution in [1.82, 2.24) is 20.0 Å². The summed E-state index contributed by atoms with van der Waals surface area (Å²) in [6, 6.07) is 6.09. The average Bonchev–Trinajstić information content (AvgIpc) is 3.10. The van der Waals surface area contributed by atoms with Crippen LogP contribution < -0.4 is 5.32 Å². The number of benzene rings is 1. The molecule has 0 radical (unpaired) electrons. The van der Waals surface area contributed by atoms with Gasteiger partial charge in [-0.05, 0) is 36.6 Å². The van der Waals surface area contributed by atoms with Gasteiger partial charge in [-0.1, -0.05) is 20.8 Å². The molecule has 28 heavy (non-hydrogen) atoms. The summed E-state index contributed by atoms with van der Waals surface area (Å²) in [7, 11) is 0. The minimum atomic E-state index is -0.300. The molecule has 1 aromatic carbocycles. The molecule has 152 valence electrons. The Morgan fingerprint density at radius 2 is 2.11 bits per heavy atom. The summed E-state index contributed by atoms with van der Waals surface area (Å²) in [5.41, 5.74) is 2.08. The molecular formula is C21H29FN4O2. The van der Waals surface area contributed by atoms with E-state index in [0.29, 0.717) is 31.1 Å². The summed E-state index contributed by atoms with van der Waals surface area (Å²) in [5.74, 6) is 0.151. The molecule has 1 fully saturated rings. The van der Waals surface area contributed by atoms with E-state index in [9.17, 15) is 9.18 Å². The van der Waals surface area contributed by atoms with E-state index in [1.54, 1.807) is 23.0 Å². The Balaban J connectivity index is 1.64. The molecule has 1 amide bonds. The van der Waals surface area contributed by atoms with Crippen LogP contribution in [0.3, 0.4) is 0 Å². The maximum atomic E-state index is 13.2. The van der Waals surface area contributed by atoms with Crippen LogP contribution in [0.2, 0.25) is 0 Å². The van der Waals surface area contributed by atoms with E-state index in [-0.39, 0.29) is 17.8 Å². The number of rotatable bonds is 7. The van der Waals surface area contributed by atoms with E-state index in [0.717, 1.165) is 31.0 Å². The van der Waals surface area contributed by atoms with Crippen molar-refractivity contribution >= 4 is 5.91 Å². The largest absolute Gasteiger partial charge is 0.374 e. The maximum Gasteiger partial charge on any atom is 0.254 e. The van der Waals surface area contributed by atoms with Gasteiger partial charge in [0, 0.05) is 26.2 Å². The lowest BCUT2D eigenvalue weighted by atomic mass is 10.1. The minimum Gasteiger partial charge on any atom is -0.374 e. The van der Waals surface area contributed by atoms with Crippen LogP contribution in [0.1, 0.15) is 36.8 Å². The number of carbonyl (C=O) groups excluding carboxylic acids is 1. The number of aromatic nitrogens is 2. The third-order valence-electron chi connectivity index (χ3n) is 4.86. The number of amides is 1. The Kier molecular flexibility index (Phi) is 6.80. The van der Waals surface area contributed by atoms with Crippen LogP contribution in [0.4, 0.5) is 4.39 Å². The van der Waals surface area contributed by atoms with Gasteiger partial charge in [0.05, 0.1) is 35.9 Å². The van der Waals surface area contributed by atoms with Crippen molar-refractivity contribution in [3.63, 3.8) is 0 Å². The second-order valence-corrected chi connectivity index (χ2v) is 7.60. The Morgan fingerprint density at radius 3 is 2.79 bits per heavy atom. The number of hydrogen-bond acceptors (Lipinski definition) is 4. The van der Waals surface area contributed by atoms with Crippen molar-refractivity contribution < 1.29 is 13.9 Å².